The Morgan fingerprint density at radius 3 is 2.35 bits per heavy atom. The minimum absolute atomic E-state index is 0.0713. The first-order chi connectivity index (χ1) is 8.08. The molecule has 1 N–H and O–H groups in total. The van der Waals surface area contributed by atoms with Crippen LogP contribution in [-0.4, -0.2) is 5.11 Å². The van der Waals surface area contributed by atoms with Gasteiger partial charge in [-0.25, -0.2) is 8.78 Å². The van der Waals surface area contributed by atoms with E-state index in [0.717, 1.165) is 0 Å². The molecule has 0 aromatic heterocycles. The van der Waals surface area contributed by atoms with E-state index in [4.69, 9.17) is 11.6 Å². The molecule has 0 saturated carbocycles. The summed E-state index contributed by atoms with van der Waals surface area (Å²) in [6.45, 7) is 0. The van der Waals surface area contributed by atoms with Gasteiger partial charge in [-0.15, -0.1) is 0 Å². The van der Waals surface area contributed by atoms with Gasteiger partial charge >= 0.3 is 0 Å². The lowest BCUT2D eigenvalue weighted by Crippen LogP contribution is -2.00. The zero-order chi connectivity index (χ0) is 12.4. The number of benzene rings is 2. The minimum Gasteiger partial charge on any atom is -0.384 e. The van der Waals surface area contributed by atoms with Crippen molar-refractivity contribution in [1.82, 2.24) is 0 Å². The van der Waals surface area contributed by atoms with E-state index in [1.807, 2.05) is 0 Å². The quantitative estimate of drug-likeness (QED) is 0.866. The van der Waals surface area contributed by atoms with Crippen molar-refractivity contribution in [2.45, 2.75) is 6.10 Å². The zero-order valence-corrected chi connectivity index (χ0v) is 9.46. The molecule has 0 unspecified atom stereocenters. The average Bonchev–Trinajstić information content (AvgIpc) is 2.32. The molecule has 2 aromatic rings. The Hall–Kier alpha value is -1.45. The van der Waals surface area contributed by atoms with Crippen LogP contribution in [0.3, 0.4) is 0 Å². The molecule has 17 heavy (non-hydrogen) atoms. The van der Waals surface area contributed by atoms with Crippen LogP contribution in [0, 0.1) is 11.6 Å². The molecule has 88 valence electrons. The first-order valence-electron chi connectivity index (χ1n) is 4.96. The van der Waals surface area contributed by atoms with Gasteiger partial charge in [0.05, 0.1) is 5.02 Å². The highest BCUT2D eigenvalue weighted by atomic mass is 35.5. The third-order valence-electron chi connectivity index (χ3n) is 2.42. The Morgan fingerprint density at radius 2 is 1.71 bits per heavy atom. The summed E-state index contributed by atoms with van der Waals surface area (Å²) in [6.07, 6.45) is -1.02. The summed E-state index contributed by atoms with van der Waals surface area (Å²) in [6, 6.07) is 9.50. The van der Waals surface area contributed by atoms with E-state index in [2.05, 4.69) is 0 Å². The van der Waals surface area contributed by atoms with E-state index in [9.17, 15) is 13.9 Å². The lowest BCUT2D eigenvalue weighted by Gasteiger charge is -2.12. The monoisotopic (exact) mass is 254 g/mol. The fraction of sp³-hybridized carbons (Fsp3) is 0.0769. The summed E-state index contributed by atoms with van der Waals surface area (Å²) < 4.78 is 25.9. The van der Waals surface area contributed by atoms with E-state index in [1.54, 1.807) is 6.07 Å². The molecule has 0 aliphatic carbocycles. The molecule has 0 heterocycles. The summed E-state index contributed by atoms with van der Waals surface area (Å²) in [5, 5.41) is 9.91. The fourth-order valence-corrected chi connectivity index (χ4v) is 1.74. The highest BCUT2D eigenvalue weighted by Gasteiger charge is 2.12. The second kappa shape index (κ2) is 4.82. The molecule has 0 aliphatic heterocycles. The summed E-state index contributed by atoms with van der Waals surface area (Å²) in [5.74, 6) is -0.989. The predicted molar refractivity (Wildman–Crippen MR) is 61.9 cm³/mol. The van der Waals surface area contributed by atoms with Gasteiger partial charge in [0.25, 0.3) is 0 Å². The van der Waals surface area contributed by atoms with Gasteiger partial charge in [0.1, 0.15) is 17.7 Å². The molecule has 1 atom stereocenters. The number of halogens is 3. The molecule has 2 aromatic carbocycles. The molecule has 0 fully saturated rings. The van der Waals surface area contributed by atoms with E-state index < -0.39 is 17.7 Å². The van der Waals surface area contributed by atoms with Gasteiger partial charge in [0.2, 0.25) is 0 Å². The molecule has 0 bridgehead atoms. The van der Waals surface area contributed by atoms with E-state index in [0.29, 0.717) is 11.1 Å². The Bertz CT molecular complexity index is 543. The minimum atomic E-state index is -1.02. The van der Waals surface area contributed by atoms with Gasteiger partial charge in [0.15, 0.2) is 0 Å². The van der Waals surface area contributed by atoms with Crippen LogP contribution in [0.25, 0.3) is 0 Å². The van der Waals surface area contributed by atoms with Crippen LogP contribution in [0.2, 0.25) is 5.02 Å². The van der Waals surface area contributed by atoms with Crippen molar-refractivity contribution in [3.63, 3.8) is 0 Å². The molecule has 0 radical (unpaired) electrons. The SMILES string of the molecule is O[C@H](c1cccc(F)c1)c1ccc(F)c(Cl)c1. The summed E-state index contributed by atoms with van der Waals surface area (Å²) in [4.78, 5) is 0. The van der Waals surface area contributed by atoms with Crippen LogP contribution in [0.1, 0.15) is 17.2 Å². The lowest BCUT2D eigenvalue weighted by molar-refractivity contribution is 0.219. The van der Waals surface area contributed by atoms with Crippen molar-refractivity contribution in [2.75, 3.05) is 0 Å². The molecule has 4 heteroatoms. The van der Waals surface area contributed by atoms with E-state index >= 15 is 0 Å². The first kappa shape index (κ1) is 12.0. The number of rotatable bonds is 2. The van der Waals surface area contributed by atoms with Gasteiger partial charge in [-0.1, -0.05) is 29.8 Å². The predicted octanol–water partition coefficient (Wildman–Crippen LogP) is 3.70. The standard InChI is InChI=1S/C13H9ClF2O/c14-11-7-9(4-5-12(11)16)13(17)8-2-1-3-10(15)6-8/h1-7,13,17H/t13-/m1/s1. The van der Waals surface area contributed by atoms with Crippen LogP contribution < -0.4 is 0 Å². The molecular formula is C13H9ClF2O. The second-order valence-corrected chi connectivity index (χ2v) is 4.04. The molecule has 0 spiro atoms. The van der Waals surface area contributed by atoms with E-state index in [1.165, 1.54) is 36.4 Å². The average molecular weight is 255 g/mol. The Morgan fingerprint density at radius 1 is 1.00 bits per heavy atom. The maximum atomic E-state index is 13.0. The molecule has 0 aliphatic rings. The summed E-state index contributed by atoms with van der Waals surface area (Å²) in [5.41, 5.74) is 0.815. The lowest BCUT2D eigenvalue weighted by atomic mass is 10.0. The van der Waals surface area contributed by atoms with Crippen molar-refractivity contribution in [3.8, 4) is 0 Å². The largest absolute Gasteiger partial charge is 0.384 e. The molecule has 1 nitrogen and oxygen atoms in total. The second-order valence-electron chi connectivity index (χ2n) is 3.63. The van der Waals surface area contributed by atoms with Crippen molar-refractivity contribution in [2.24, 2.45) is 0 Å². The maximum absolute atomic E-state index is 13.0. The molecule has 0 amide bonds. The normalized spacial score (nSPS) is 12.5. The topological polar surface area (TPSA) is 20.2 Å². The molecule has 2 rings (SSSR count). The van der Waals surface area contributed by atoms with Crippen molar-refractivity contribution >= 4 is 11.6 Å². The Kier molecular flexibility index (Phi) is 3.41. The zero-order valence-electron chi connectivity index (χ0n) is 8.70. The third kappa shape index (κ3) is 2.62. The van der Waals surface area contributed by atoms with Gasteiger partial charge in [-0.2, -0.15) is 0 Å². The highest BCUT2D eigenvalue weighted by Crippen LogP contribution is 2.26. The summed E-state index contributed by atoms with van der Waals surface area (Å²) >= 11 is 5.62. The van der Waals surface area contributed by atoms with Crippen LogP contribution in [0.5, 0.6) is 0 Å². The van der Waals surface area contributed by atoms with Gasteiger partial charge < -0.3 is 5.11 Å². The number of aliphatic hydroxyl groups excluding tert-OH is 1. The Balaban J connectivity index is 2.36. The fourth-order valence-electron chi connectivity index (χ4n) is 1.55. The highest BCUT2D eigenvalue weighted by molar-refractivity contribution is 6.30. The van der Waals surface area contributed by atoms with Gasteiger partial charge in [-0.05, 0) is 35.4 Å². The third-order valence-corrected chi connectivity index (χ3v) is 2.71. The smallest absolute Gasteiger partial charge is 0.141 e. The first-order valence-corrected chi connectivity index (χ1v) is 5.34. The number of hydrogen-bond donors (Lipinski definition) is 1. The van der Waals surface area contributed by atoms with Crippen molar-refractivity contribution in [1.29, 1.82) is 0 Å². The van der Waals surface area contributed by atoms with Crippen LogP contribution >= 0.6 is 11.6 Å². The summed E-state index contributed by atoms with van der Waals surface area (Å²) in [7, 11) is 0. The van der Waals surface area contributed by atoms with Crippen LogP contribution in [0.4, 0.5) is 8.78 Å². The van der Waals surface area contributed by atoms with Crippen molar-refractivity contribution in [3.05, 3.63) is 70.2 Å². The van der Waals surface area contributed by atoms with Crippen LogP contribution in [-0.2, 0) is 0 Å². The number of hydrogen-bond acceptors (Lipinski definition) is 1. The number of aliphatic hydroxyl groups is 1. The Labute approximate surface area is 102 Å². The van der Waals surface area contributed by atoms with Crippen LogP contribution in [0.15, 0.2) is 42.5 Å². The van der Waals surface area contributed by atoms with Crippen molar-refractivity contribution < 1.29 is 13.9 Å². The van der Waals surface area contributed by atoms with Gasteiger partial charge in [-0.3, -0.25) is 0 Å². The molecular weight excluding hydrogens is 246 g/mol. The van der Waals surface area contributed by atoms with Gasteiger partial charge in [0, 0.05) is 0 Å². The molecule has 0 saturated heterocycles. The maximum Gasteiger partial charge on any atom is 0.141 e. The van der Waals surface area contributed by atoms with E-state index in [-0.39, 0.29) is 5.02 Å².